The Kier molecular flexibility index (Phi) is 6.78. The van der Waals surface area contributed by atoms with Crippen molar-refractivity contribution in [2.45, 2.75) is 25.3 Å². The van der Waals surface area contributed by atoms with E-state index in [2.05, 4.69) is 5.32 Å². The predicted molar refractivity (Wildman–Crippen MR) is 77.2 cm³/mol. The zero-order valence-corrected chi connectivity index (χ0v) is 12.6. The van der Waals surface area contributed by atoms with E-state index in [4.69, 9.17) is 14.6 Å². The van der Waals surface area contributed by atoms with Crippen molar-refractivity contribution in [2.24, 2.45) is 0 Å². The number of aliphatic carboxylic acids is 1. The fourth-order valence-corrected chi connectivity index (χ4v) is 1.79. The van der Waals surface area contributed by atoms with E-state index in [0.29, 0.717) is 12.2 Å². The van der Waals surface area contributed by atoms with Gasteiger partial charge in [0.1, 0.15) is 11.6 Å². The van der Waals surface area contributed by atoms with E-state index in [1.165, 1.54) is 32.2 Å². The van der Waals surface area contributed by atoms with Gasteiger partial charge in [0.05, 0.1) is 13.2 Å². The number of ether oxygens (including phenoxy) is 2. The second-order valence-electron chi connectivity index (χ2n) is 5.03. The van der Waals surface area contributed by atoms with Gasteiger partial charge in [-0.2, -0.15) is 0 Å². The standard InChI is InChI=1S/C15H20FNO5/c1-15(10-21-2,14(19)20)17-13(18)7-4-8-22-12-6-3-5-11(16)9-12/h3,5-6,9H,4,7-8,10H2,1-2H3,(H,17,18)(H,19,20). The van der Waals surface area contributed by atoms with Gasteiger partial charge in [0.25, 0.3) is 0 Å². The average Bonchev–Trinajstić information content (AvgIpc) is 2.43. The molecule has 0 fully saturated rings. The van der Waals surface area contributed by atoms with Crippen LogP contribution in [0.25, 0.3) is 0 Å². The Bertz CT molecular complexity index is 522. The molecule has 0 spiro atoms. The molecule has 0 aliphatic rings. The molecule has 1 amide bonds. The second kappa shape index (κ2) is 8.33. The number of carbonyl (C=O) groups is 2. The minimum absolute atomic E-state index is 0.0991. The highest BCUT2D eigenvalue weighted by atomic mass is 19.1. The van der Waals surface area contributed by atoms with Crippen LogP contribution in [0.3, 0.4) is 0 Å². The number of carbonyl (C=O) groups excluding carboxylic acids is 1. The molecule has 1 atom stereocenters. The van der Waals surface area contributed by atoms with Gasteiger partial charge >= 0.3 is 5.97 Å². The van der Waals surface area contributed by atoms with Gasteiger partial charge in [0, 0.05) is 19.6 Å². The highest BCUT2D eigenvalue weighted by molar-refractivity contribution is 5.86. The molecule has 1 unspecified atom stereocenters. The maximum atomic E-state index is 12.9. The average molecular weight is 313 g/mol. The Labute approximate surface area is 128 Å². The normalized spacial score (nSPS) is 13.2. The zero-order chi connectivity index (χ0) is 16.6. The van der Waals surface area contributed by atoms with Crippen molar-refractivity contribution in [3.8, 4) is 5.75 Å². The van der Waals surface area contributed by atoms with Crippen molar-refractivity contribution >= 4 is 11.9 Å². The number of rotatable bonds is 9. The summed E-state index contributed by atoms with van der Waals surface area (Å²) < 4.78 is 23.0. The van der Waals surface area contributed by atoms with Crippen molar-refractivity contribution in [2.75, 3.05) is 20.3 Å². The number of carboxylic acids is 1. The lowest BCUT2D eigenvalue weighted by Crippen LogP contribution is -2.55. The van der Waals surface area contributed by atoms with Crippen LogP contribution in [-0.4, -0.2) is 42.8 Å². The minimum atomic E-state index is -1.46. The van der Waals surface area contributed by atoms with E-state index in [9.17, 15) is 14.0 Å². The first-order chi connectivity index (χ1) is 10.4. The predicted octanol–water partition coefficient (Wildman–Crippen LogP) is 1.59. The van der Waals surface area contributed by atoms with Gasteiger partial charge in [0.2, 0.25) is 5.91 Å². The van der Waals surface area contributed by atoms with Crippen molar-refractivity contribution in [3.63, 3.8) is 0 Å². The summed E-state index contributed by atoms with van der Waals surface area (Å²) in [5, 5.41) is 11.5. The van der Waals surface area contributed by atoms with Crippen LogP contribution in [0.15, 0.2) is 24.3 Å². The molecule has 0 bridgehead atoms. The van der Waals surface area contributed by atoms with E-state index in [0.717, 1.165) is 0 Å². The van der Waals surface area contributed by atoms with Crippen LogP contribution in [0.5, 0.6) is 5.75 Å². The van der Waals surface area contributed by atoms with Gasteiger partial charge in [-0.15, -0.1) is 0 Å². The molecule has 1 aromatic carbocycles. The Morgan fingerprint density at radius 2 is 2.14 bits per heavy atom. The molecule has 0 aliphatic carbocycles. The summed E-state index contributed by atoms with van der Waals surface area (Å²) in [7, 11) is 1.36. The van der Waals surface area contributed by atoms with Crippen LogP contribution in [0, 0.1) is 5.82 Å². The quantitative estimate of drug-likeness (QED) is 0.676. The largest absolute Gasteiger partial charge is 0.493 e. The molecule has 6 nitrogen and oxygen atoms in total. The molecule has 122 valence electrons. The van der Waals surface area contributed by atoms with E-state index in [1.54, 1.807) is 6.07 Å². The topological polar surface area (TPSA) is 84.9 Å². The Morgan fingerprint density at radius 1 is 1.41 bits per heavy atom. The molecular formula is C15H20FNO5. The maximum absolute atomic E-state index is 12.9. The van der Waals surface area contributed by atoms with Gasteiger partial charge in [-0.05, 0) is 25.5 Å². The van der Waals surface area contributed by atoms with E-state index >= 15 is 0 Å². The van der Waals surface area contributed by atoms with Gasteiger partial charge in [-0.1, -0.05) is 6.07 Å². The van der Waals surface area contributed by atoms with E-state index < -0.39 is 23.2 Å². The Hall–Kier alpha value is -2.15. The fraction of sp³-hybridized carbons (Fsp3) is 0.467. The molecule has 2 N–H and O–H groups in total. The number of halogens is 1. The summed E-state index contributed by atoms with van der Waals surface area (Å²) in [6.07, 6.45) is 0.479. The highest BCUT2D eigenvalue weighted by Crippen LogP contribution is 2.12. The molecule has 0 saturated heterocycles. The lowest BCUT2D eigenvalue weighted by Gasteiger charge is -2.25. The smallest absolute Gasteiger partial charge is 0.331 e. The minimum Gasteiger partial charge on any atom is -0.493 e. The summed E-state index contributed by atoms with van der Waals surface area (Å²) in [5.41, 5.74) is -1.46. The van der Waals surface area contributed by atoms with Crippen molar-refractivity contribution in [1.29, 1.82) is 0 Å². The van der Waals surface area contributed by atoms with Crippen LogP contribution >= 0.6 is 0 Å². The van der Waals surface area contributed by atoms with Crippen LogP contribution < -0.4 is 10.1 Å². The molecule has 0 aromatic heterocycles. The van der Waals surface area contributed by atoms with Gasteiger partial charge in [-0.3, -0.25) is 4.79 Å². The van der Waals surface area contributed by atoms with Gasteiger partial charge < -0.3 is 19.9 Å². The fourth-order valence-electron chi connectivity index (χ4n) is 1.79. The number of benzene rings is 1. The summed E-state index contributed by atoms with van der Waals surface area (Å²) in [5.74, 6) is -1.59. The van der Waals surface area contributed by atoms with Crippen LogP contribution in [-0.2, 0) is 14.3 Å². The van der Waals surface area contributed by atoms with E-state index in [1.807, 2.05) is 0 Å². The molecule has 0 heterocycles. The first-order valence-corrected chi connectivity index (χ1v) is 6.79. The second-order valence-corrected chi connectivity index (χ2v) is 5.03. The number of hydrogen-bond donors (Lipinski definition) is 2. The summed E-state index contributed by atoms with van der Waals surface area (Å²) in [4.78, 5) is 22.9. The summed E-state index contributed by atoms with van der Waals surface area (Å²) in [6, 6.07) is 5.70. The number of nitrogens with one attached hydrogen (secondary N) is 1. The number of hydrogen-bond acceptors (Lipinski definition) is 4. The third kappa shape index (κ3) is 5.69. The third-order valence-corrected chi connectivity index (χ3v) is 2.93. The highest BCUT2D eigenvalue weighted by Gasteiger charge is 2.34. The first kappa shape index (κ1) is 17.9. The maximum Gasteiger partial charge on any atom is 0.331 e. The molecule has 1 rings (SSSR count). The Morgan fingerprint density at radius 3 is 2.73 bits per heavy atom. The SMILES string of the molecule is COCC(C)(NC(=O)CCCOc1cccc(F)c1)C(=O)O. The van der Waals surface area contributed by atoms with Crippen molar-refractivity contribution in [3.05, 3.63) is 30.1 Å². The lowest BCUT2D eigenvalue weighted by molar-refractivity contribution is -0.149. The molecule has 1 aromatic rings. The number of carboxylic acid groups (broad SMARTS) is 1. The Balaban J connectivity index is 2.35. The molecule has 22 heavy (non-hydrogen) atoms. The third-order valence-electron chi connectivity index (χ3n) is 2.93. The molecule has 0 radical (unpaired) electrons. The zero-order valence-electron chi connectivity index (χ0n) is 12.6. The molecule has 0 saturated carbocycles. The molecular weight excluding hydrogens is 293 g/mol. The monoisotopic (exact) mass is 313 g/mol. The van der Waals surface area contributed by atoms with Crippen LogP contribution in [0.1, 0.15) is 19.8 Å². The van der Waals surface area contributed by atoms with Crippen LogP contribution in [0.4, 0.5) is 4.39 Å². The van der Waals surface area contributed by atoms with Crippen molar-refractivity contribution < 1.29 is 28.6 Å². The number of methoxy groups -OCH3 is 1. The summed E-state index contributed by atoms with van der Waals surface area (Å²) in [6.45, 7) is 1.47. The van der Waals surface area contributed by atoms with Gasteiger partial charge in [-0.25, -0.2) is 9.18 Å². The lowest BCUT2D eigenvalue weighted by atomic mass is 10.0. The van der Waals surface area contributed by atoms with Gasteiger partial charge in [0.15, 0.2) is 5.54 Å². The number of amides is 1. The first-order valence-electron chi connectivity index (χ1n) is 6.79. The summed E-state index contributed by atoms with van der Waals surface area (Å²) >= 11 is 0. The molecule has 0 aliphatic heterocycles. The molecule has 7 heteroatoms. The van der Waals surface area contributed by atoms with Crippen molar-refractivity contribution in [1.82, 2.24) is 5.32 Å². The van der Waals surface area contributed by atoms with Crippen LogP contribution in [0.2, 0.25) is 0 Å². The van der Waals surface area contributed by atoms with E-state index in [-0.39, 0.29) is 19.6 Å².